The Morgan fingerprint density at radius 3 is 2.62 bits per heavy atom. The van der Waals surface area contributed by atoms with E-state index in [0.29, 0.717) is 23.1 Å². The van der Waals surface area contributed by atoms with Crippen molar-refractivity contribution in [1.82, 2.24) is 5.32 Å². The van der Waals surface area contributed by atoms with Crippen molar-refractivity contribution in [3.63, 3.8) is 0 Å². The lowest BCUT2D eigenvalue weighted by Crippen LogP contribution is -2.14. The average Bonchev–Trinajstić information content (AvgIpc) is 2.42. The van der Waals surface area contributed by atoms with Gasteiger partial charge in [0.25, 0.3) is 5.69 Å². The molecule has 0 heterocycles. The van der Waals surface area contributed by atoms with Gasteiger partial charge in [0.05, 0.1) is 4.92 Å². The molecule has 0 amide bonds. The second kappa shape index (κ2) is 6.78. The average molecular weight is 353 g/mol. The molecule has 0 unspecified atom stereocenters. The summed E-state index contributed by atoms with van der Waals surface area (Å²) in [5, 5.41) is 14.1. The Kier molecular flexibility index (Phi) is 5.03. The minimum absolute atomic E-state index is 0.122. The summed E-state index contributed by atoms with van der Waals surface area (Å²) in [5.41, 5.74) is 2.59. The van der Waals surface area contributed by atoms with Gasteiger partial charge in [-0.3, -0.25) is 10.1 Å². The lowest BCUT2D eigenvalue weighted by molar-refractivity contribution is -0.385. The van der Waals surface area contributed by atoms with E-state index in [1.54, 1.807) is 19.1 Å². The number of halogens is 2. The van der Waals surface area contributed by atoms with Crippen LogP contribution in [0.1, 0.15) is 16.7 Å². The van der Waals surface area contributed by atoms with Crippen molar-refractivity contribution >= 4 is 21.6 Å². The molecule has 0 aliphatic heterocycles. The molecule has 0 radical (unpaired) electrons. The van der Waals surface area contributed by atoms with Crippen LogP contribution in [0.15, 0.2) is 40.9 Å². The fourth-order valence-electron chi connectivity index (χ4n) is 2.06. The molecule has 2 aromatic rings. The summed E-state index contributed by atoms with van der Waals surface area (Å²) in [7, 11) is 0. The Labute approximate surface area is 130 Å². The van der Waals surface area contributed by atoms with E-state index in [-0.39, 0.29) is 16.4 Å². The monoisotopic (exact) mass is 352 g/mol. The van der Waals surface area contributed by atoms with Crippen molar-refractivity contribution in [1.29, 1.82) is 0 Å². The van der Waals surface area contributed by atoms with Crippen LogP contribution in [-0.2, 0) is 13.1 Å². The fraction of sp³-hybridized carbons (Fsp3) is 0.200. The normalized spacial score (nSPS) is 10.6. The Bertz CT molecular complexity index is 677. The van der Waals surface area contributed by atoms with Crippen LogP contribution in [0, 0.1) is 22.9 Å². The number of rotatable bonds is 5. The summed E-state index contributed by atoms with van der Waals surface area (Å²) in [5.74, 6) is -0.292. The van der Waals surface area contributed by atoms with E-state index in [1.807, 2.05) is 6.07 Å². The Hall–Kier alpha value is -1.79. The first-order valence-corrected chi connectivity index (χ1v) is 7.16. The van der Waals surface area contributed by atoms with Gasteiger partial charge < -0.3 is 5.32 Å². The van der Waals surface area contributed by atoms with Crippen LogP contribution in [0.25, 0.3) is 0 Å². The van der Waals surface area contributed by atoms with Crippen molar-refractivity contribution in [2.24, 2.45) is 0 Å². The molecule has 110 valence electrons. The standard InChI is InChI=1S/C15H14BrFN2O2/c1-10-11(3-2-4-15(10)19(20)21)8-18-9-12-5-6-13(17)7-14(12)16/h2-7,18H,8-9H2,1H3. The lowest BCUT2D eigenvalue weighted by atomic mass is 10.1. The Balaban J connectivity index is 2.04. The van der Waals surface area contributed by atoms with Gasteiger partial charge in [0, 0.05) is 29.2 Å². The summed E-state index contributed by atoms with van der Waals surface area (Å²) in [6, 6.07) is 9.54. The Morgan fingerprint density at radius 1 is 1.24 bits per heavy atom. The minimum atomic E-state index is -0.380. The molecule has 1 N–H and O–H groups in total. The number of nitro groups is 1. The number of nitrogens with zero attached hydrogens (tertiary/aromatic N) is 1. The molecule has 2 rings (SSSR count). The topological polar surface area (TPSA) is 55.2 Å². The minimum Gasteiger partial charge on any atom is -0.309 e. The van der Waals surface area contributed by atoms with E-state index in [9.17, 15) is 14.5 Å². The van der Waals surface area contributed by atoms with E-state index in [0.717, 1.165) is 11.1 Å². The third kappa shape index (κ3) is 3.86. The first-order valence-electron chi connectivity index (χ1n) is 6.36. The molecule has 0 fully saturated rings. The van der Waals surface area contributed by atoms with Crippen molar-refractivity contribution in [2.45, 2.75) is 20.0 Å². The zero-order valence-electron chi connectivity index (χ0n) is 11.4. The zero-order valence-corrected chi connectivity index (χ0v) is 13.0. The van der Waals surface area contributed by atoms with Crippen molar-refractivity contribution in [3.8, 4) is 0 Å². The van der Waals surface area contributed by atoms with Gasteiger partial charge in [-0.25, -0.2) is 4.39 Å². The van der Waals surface area contributed by atoms with E-state index < -0.39 is 0 Å². The number of nitro benzene ring substituents is 1. The molecule has 0 saturated carbocycles. The van der Waals surface area contributed by atoms with Gasteiger partial charge in [-0.15, -0.1) is 0 Å². The summed E-state index contributed by atoms with van der Waals surface area (Å²) in [6.07, 6.45) is 0. The van der Waals surface area contributed by atoms with Gasteiger partial charge >= 0.3 is 0 Å². The van der Waals surface area contributed by atoms with Crippen LogP contribution in [0.5, 0.6) is 0 Å². The summed E-state index contributed by atoms with van der Waals surface area (Å²) in [4.78, 5) is 10.5. The molecule has 0 saturated heterocycles. The number of hydrogen-bond acceptors (Lipinski definition) is 3. The largest absolute Gasteiger partial charge is 0.309 e. The molecule has 0 aliphatic rings. The zero-order chi connectivity index (χ0) is 15.4. The van der Waals surface area contributed by atoms with E-state index in [4.69, 9.17) is 0 Å². The Morgan fingerprint density at radius 2 is 1.95 bits per heavy atom. The summed E-state index contributed by atoms with van der Waals surface area (Å²) in [6.45, 7) is 2.79. The molecule has 0 aromatic heterocycles. The van der Waals surface area contributed by atoms with Crippen LogP contribution in [0.2, 0.25) is 0 Å². The van der Waals surface area contributed by atoms with Crippen LogP contribution in [0.4, 0.5) is 10.1 Å². The van der Waals surface area contributed by atoms with Gasteiger partial charge in [0.2, 0.25) is 0 Å². The summed E-state index contributed by atoms with van der Waals surface area (Å²) >= 11 is 3.31. The van der Waals surface area contributed by atoms with Crippen molar-refractivity contribution < 1.29 is 9.31 Å². The van der Waals surface area contributed by atoms with Crippen LogP contribution in [0.3, 0.4) is 0 Å². The maximum absolute atomic E-state index is 13.0. The number of hydrogen-bond donors (Lipinski definition) is 1. The highest BCUT2D eigenvalue weighted by Gasteiger charge is 2.12. The van der Waals surface area contributed by atoms with Crippen LogP contribution in [-0.4, -0.2) is 4.92 Å². The van der Waals surface area contributed by atoms with Crippen LogP contribution < -0.4 is 5.32 Å². The number of benzene rings is 2. The first-order chi connectivity index (χ1) is 9.99. The van der Waals surface area contributed by atoms with Gasteiger partial charge in [0.1, 0.15) is 5.82 Å². The van der Waals surface area contributed by atoms with Gasteiger partial charge in [-0.2, -0.15) is 0 Å². The van der Waals surface area contributed by atoms with Gasteiger partial charge in [-0.1, -0.05) is 34.1 Å². The second-order valence-electron chi connectivity index (χ2n) is 4.66. The van der Waals surface area contributed by atoms with Gasteiger partial charge in [-0.05, 0) is 30.2 Å². The molecule has 0 atom stereocenters. The maximum Gasteiger partial charge on any atom is 0.272 e. The van der Waals surface area contributed by atoms with E-state index >= 15 is 0 Å². The molecular weight excluding hydrogens is 339 g/mol. The molecule has 6 heteroatoms. The predicted octanol–water partition coefficient (Wildman–Crippen LogP) is 4.09. The van der Waals surface area contributed by atoms with Crippen molar-refractivity contribution in [2.75, 3.05) is 0 Å². The van der Waals surface area contributed by atoms with E-state index in [1.165, 1.54) is 18.2 Å². The van der Waals surface area contributed by atoms with Gasteiger partial charge in [0.15, 0.2) is 0 Å². The highest BCUT2D eigenvalue weighted by atomic mass is 79.9. The third-order valence-corrected chi connectivity index (χ3v) is 4.00. The SMILES string of the molecule is Cc1c(CNCc2ccc(F)cc2Br)cccc1[N+](=O)[O-]. The van der Waals surface area contributed by atoms with Crippen LogP contribution >= 0.6 is 15.9 Å². The maximum atomic E-state index is 13.0. The smallest absolute Gasteiger partial charge is 0.272 e. The highest BCUT2D eigenvalue weighted by molar-refractivity contribution is 9.10. The molecule has 2 aromatic carbocycles. The van der Waals surface area contributed by atoms with E-state index in [2.05, 4.69) is 21.2 Å². The predicted molar refractivity (Wildman–Crippen MR) is 82.5 cm³/mol. The second-order valence-corrected chi connectivity index (χ2v) is 5.51. The third-order valence-electron chi connectivity index (χ3n) is 3.26. The first kappa shape index (κ1) is 15.6. The number of nitrogens with one attached hydrogen (secondary N) is 1. The molecule has 0 aliphatic carbocycles. The van der Waals surface area contributed by atoms with Crippen molar-refractivity contribution in [3.05, 3.63) is 73.5 Å². The molecule has 0 spiro atoms. The molecule has 0 bridgehead atoms. The lowest BCUT2D eigenvalue weighted by Gasteiger charge is -2.09. The quantitative estimate of drug-likeness (QED) is 0.651. The summed E-state index contributed by atoms with van der Waals surface area (Å²) < 4.78 is 13.7. The highest BCUT2D eigenvalue weighted by Crippen LogP contribution is 2.21. The molecule has 21 heavy (non-hydrogen) atoms. The molecular formula is C15H14BrFN2O2. The fourth-order valence-corrected chi connectivity index (χ4v) is 2.55. The molecule has 4 nitrogen and oxygen atoms in total.